The van der Waals surface area contributed by atoms with Gasteiger partial charge >= 0.3 is 6.01 Å². The minimum atomic E-state index is -0.603. The first-order valence-corrected chi connectivity index (χ1v) is 12.2. The van der Waals surface area contributed by atoms with E-state index in [-0.39, 0.29) is 23.8 Å². The van der Waals surface area contributed by atoms with E-state index in [0.29, 0.717) is 59.1 Å². The molecule has 3 heterocycles. The van der Waals surface area contributed by atoms with Crippen LogP contribution in [-0.2, 0) is 19.5 Å². The number of carbonyl (C=O) groups excluding carboxylic acids is 1. The Kier molecular flexibility index (Phi) is 5.82. The molecule has 0 saturated heterocycles. The minimum Gasteiger partial charge on any atom is -0.490 e. The summed E-state index contributed by atoms with van der Waals surface area (Å²) in [6.45, 7) is 1.03. The second-order valence-corrected chi connectivity index (χ2v) is 9.35. The molecule has 1 saturated carbocycles. The normalized spacial score (nSPS) is 15.4. The Bertz CT molecular complexity index is 1560. The van der Waals surface area contributed by atoms with E-state index in [0.717, 1.165) is 19.3 Å². The third kappa shape index (κ3) is 4.30. The van der Waals surface area contributed by atoms with Crippen LogP contribution in [0.3, 0.4) is 0 Å². The van der Waals surface area contributed by atoms with Crippen molar-refractivity contribution in [2.45, 2.75) is 44.9 Å². The molecule has 1 fully saturated rings. The molecule has 37 heavy (non-hydrogen) atoms. The third-order valence-electron chi connectivity index (χ3n) is 7.02. The van der Waals surface area contributed by atoms with Gasteiger partial charge in [0.05, 0.1) is 36.4 Å². The number of aromatic amines is 1. The summed E-state index contributed by atoms with van der Waals surface area (Å²) in [5.41, 5.74) is 0.980. The van der Waals surface area contributed by atoms with Crippen LogP contribution < -0.4 is 15.0 Å². The maximum absolute atomic E-state index is 14.8. The van der Waals surface area contributed by atoms with E-state index in [4.69, 9.17) is 9.47 Å². The molecule has 190 valence electrons. The summed E-state index contributed by atoms with van der Waals surface area (Å²) in [6.07, 6.45) is 3.70. The molecule has 1 amide bonds. The molecule has 6 rings (SSSR count). The Hall–Kier alpha value is -4.28. The van der Waals surface area contributed by atoms with Gasteiger partial charge in [-0.2, -0.15) is 5.10 Å². The topological polar surface area (TPSA) is 115 Å². The summed E-state index contributed by atoms with van der Waals surface area (Å²) in [6, 6.07) is 10.2. The predicted octanol–water partition coefficient (Wildman–Crippen LogP) is 2.84. The van der Waals surface area contributed by atoms with Crippen LogP contribution in [0, 0.1) is 5.82 Å². The fourth-order valence-corrected chi connectivity index (χ4v) is 4.75. The molecule has 2 aromatic carbocycles. The Morgan fingerprint density at radius 3 is 2.78 bits per heavy atom. The minimum absolute atomic E-state index is 0.0276. The van der Waals surface area contributed by atoms with Crippen molar-refractivity contribution in [2.24, 2.45) is 0 Å². The van der Waals surface area contributed by atoms with Gasteiger partial charge in [-0.3, -0.25) is 14.2 Å². The number of fused-ring (bicyclic) bond motifs is 2. The lowest BCUT2D eigenvalue weighted by molar-refractivity contribution is 0.0699. The zero-order chi connectivity index (χ0) is 25.5. The lowest BCUT2D eigenvalue weighted by atomic mass is 9.96. The Morgan fingerprint density at radius 2 is 2.00 bits per heavy atom. The molecular weight excluding hydrogens is 479 g/mol. The standard InChI is InChI=1S/C26H25FN6O4/c1-36-26-31-29-23-14-32(9-10-33(23)26)25(35)20-11-15(5-8-21(20)27)12-22-19-13-17(37-16-3-2-4-16)6-7-18(19)24(34)30-28-22/h5-8,11,13,16H,2-4,9-10,12,14H2,1H3,(H,30,34). The molecule has 0 unspecified atom stereocenters. The van der Waals surface area contributed by atoms with Gasteiger partial charge in [-0.1, -0.05) is 11.2 Å². The molecule has 11 heteroatoms. The average molecular weight is 505 g/mol. The van der Waals surface area contributed by atoms with Gasteiger partial charge in [-0.15, -0.1) is 5.10 Å². The first-order chi connectivity index (χ1) is 18.0. The summed E-state index contributed by atoms with van der Waals surface area (Å²) in [4.78, 5) is 27.2. The number of nitrogens with zero attached hydrogens (tertiary/aromatic N) is 5. The number of halogens is 1. The second-order valence-electron chi connectivity index (χ2n) is 9.35. The lowest BCUT2D eigenvalue weighted by Gasteiger charge is -2.27. The highest BCUT2D eigenvalue weighted by Crippen LogP contribution is 2.28. The predicted molar refractivity (Wildman–Crippen MR) is 131 cm³/mol. The van der Waals surface area contributed by atoms with Gasteiger partial charge in [0.25, 0.3) is 11.5 Å². The first-order valence-electron chi connectivity index (χ1n) is 12.2. The van der Waals surface area contributed by atoms with Crippen LogP contribution in [0.1, 0.15) is 46.7 Å². The third-order valence-corrected chi connectivity index (χ3v) is 7.02. The van der Waals surface area contributed by atoms with Crippen molar-refractivity contribution in [3.8, 4) is 11.8 Å². The average Bonchev–Trinajstić information content (AvgIpc) is 3.31. The molecule has 1 aliphatic carbocycles. The number of H-pyrrole nitrogens is 1. The zero-order valence-corrected chi connectivity index (χ0v) is 20.2. The van der Waals surface area contributed by atoms with Gasteiger partial charge < -0.3 is 14.4 Å². The molecule has 0 atom stereocenters. The highest BCUT2D eigenvalue weighted by Gasteiger charge is 2.27. The molecule has 10 nitrogen and oxygen atoms in total. The Balaban J connectivity index is 1.27. The Labute approximate surface area is 211 Å². The largest absolute Gasteiger partial charge is 0.490 e. The van der Waals surface area contributed by atoms with Crippen molar-refractivity contribution in [3.05, 3.63) is 75.2 Å². The SMILES string of the molecule is COc1nnc2n1CCN(C(=O)c1cc(Cc3n[nH]c(=O)c4ccc(OC5CCC5)cc34)ccc1F)C2. The van der Waals surface area contributed by atoms with Crippen molar-refractivity contribution in [1.29, 1.82) is 0 Å². The van der Waals surface area contributed by atoms with E-state index in [1.165, 1.54) is 13.2 Å². The van der Waals surface area contributed by atoms with E-state index < -0.39 is 11.7 Å². The molecule has 1 N–H and O–H groups in total. The van der Waals surface area contributed by atoms with Crippen molar-refractivity contribution in [3.63, 3.8) is 0 Å². The monoisotopic (exact) mass is 504 g/mol. The van der Waals surface area contributed by atoms with Gasteiger partial charge in [-0.05, 0) is 55.2 Å². The fraction of sp³-hybridized carbons (Fsp3) is 0.346. The van der Waals surface area contributed by atoms with Crippen LogP contribution in [0.5, 0.6) is 11.8 Å². The zero-order valence-electron chi connectivity index (χ0n) is 20.2. The van der Waals surface area contributed by atoms with Crippen molar-refractivity contribution in [2.75, 3.05) is 13.7 Å². The summed E-state index contributed by atoms with van der Waals surface area (Å²) in [5.74, 6) is 0.240. The van der Waals surface area contributed by atoms with Crippen LogP contribution in [0.25, 0.3) is 10.8 Å². The van der Waals surface area contributed by atoms with E-state index >= 15 is 0 Å². The van der Waals surface area contributed by atoms with Gasteiger partial charge in [0, 0.05) is 24.9 Å². The molecule has 2 aromatic heterocycles. The van der Waals surface area contributed by atoms with Gasteiger partial charge in [0.1, 0.15) is 11.6 Å². The van der Waals surface area contributed by atoms with Crippen LogP contribution in [0.15, 0.2) is 41.2 Å². The molecule has 0 bridgehead atoms. The first kappa shape index (κ1) is 23.1. The van der Waals surface area contributed by atoms with Crippen LogP contribution >= 0.6 is 0 Å². The number of benzene rings is 2. The van der Waals surface area contributed by atoms with Crippen LogP contribution in [0.2, 0.25) is 0 Å². The molecule has 2 aliphatic rings. The van der Waals surface area contributed by atoms with Gasteiger partial charge in [0.2, 0.25) is 0 Å². The molecule has 0 spiro atoms. The van der Waals surface area contributed by atoms with E-state index in [9.17, 15) is 14.0 Å². The van der Waals surface area contributed by atoms with E-state index in [1.54, 1.807) is 33.7 Å². The molecular formula is C26H25FN6O4. The number of amides is 1. The van der Waals surface area contributed by atoms with E-state index in [2.05, 4.69) is 20.4 Å². The van der Waals surface area contributed by atoms with Crippen molar-refractivity contribution in [1.82, 2.24) is 29.9 Å². The van der Waals surface area contributed by atoms with Crippen molar-refractivity contribution >= 4 is 16.7 Å². The second kappa shape index (κ2) is 9.30. The maximum Gasteiger partial charge on any atom is 0.316 e. The Morgan fingerprint density at radius 1 is 1.14 bits per heavy atom. The number of hydrogen-bond donors (Lipinski definition) is 1. The molecule has 1 aliphatic heterocycles. The fourth-order valence-electron chi connectivity index (χ4n) is 4.75. The smallest absolute Gasteiger partial charge is 0.316 e. The summed E-state index contributed by atoms with van der Waals surface area (Å²) in [5, 5.41) is 16.0. The number of rotatable bonds is 6. The summed E-state index contributed by atoms with van der Waals surface area (Å²) < 4.78 is 27.8. The highest BCUT2D eigenvalue weighted by molar-refractivity contribution is 5.94. The van der Waals surface area contributed by atoms with Crippen molar-refractivity contribution < 1.29 is 18.7 Å². The maximum atomic E-state index is 14.8. The van der Waals surface area contributed by atoms with Gasteiger partial charge in [-0.25, -0.2) is 9.49 Å². The highest BCUT2D eigenvalue weighted by atomic mass is 19.1. The van der Waals surface area contributed by atoms with Gasteiger partial charge in [0.15, 0.2) is 5.82 Å². The molecule has 0 radical (unpaired) electrons. The number of methoxy groups -OCH3 is 1. The van der Waals surface area contributed by atoms with Crippen LogP contribution in [-0.4, -0.2) is 55.5 Å². The number of nitrogens with one attached hydrogen (secondary N) is 1. The number of carbonyl (C=O) groups is 1. The summed E-state index contributed by atoms with van der Waals surface area (Å²) in [7, 11) is 1.51. The number of ether oxygens (including phenoxy) is 2. The lowest BCUT2D eigenvalue weighted by Crippen LogP contribution is -2.38. The quantitative estimate of drug-likeness (QED) is 0.429. The summed E-state index contributed by atoms with van der Waals surface area (Å²) >= 11 is 0. The molecule has 4 aromatic rings. The number of hydrogen-bond acceptors (Lipinski definition) is 7. The van der Waals surface area contributed by atoms with E-state index in [1.807, 2.05) is 6.07 Å². The van der Waals surface area contributed by atoms with Crippen LogP contribution in [0.4, 0.5) is 4.39 Å². The number of aromatic nitrogens is 5.